The molecular weight excluding hydrogens is 516 g/mol. The summed E-state index contributed by atoms with van der Waals surface area (Å²) in [4.78, 5) is 10.4. The summed E-state index contributed by atoms with van der Waals surface area (Å²) in [5.41, 5.74) is 6.46. The highest BCUT2D eigenvalue weighted by Crippen LogP contribution is 2.37. The predicted octanol–water partition coefficient (Wildman–Crippen LogP) is 7.66. The minimum Gasteiger partial charge on any atom is -0.489 e. The molecule has 2 rings (SSSR count). The van der Waals surface area contributed by atoms with Crippen LogP contribution in [-0.2, 0) is 8.85 Å². The molecule has 0 aromatic heterocycles. The first-order chi connectivity index (χ1) is 17.4. The van der Waals surface area contributed by atoms with E-state index in [1.807, 2.05) is 24.3 Å². The number of benzene rings is 2. The van der Waals surface area contributed by atoms with Crippen molar-refractivity contribution in [2.24, 2.45) is 0 Å². The van der Waals surface area contributed by atoms with Crippen LogP contribution in [0.25, 0.3) is 0 Å². The van der Waals surface area contributed by atoms with Crippen molar-refractivity contribution in [1.82, 2.24) is 0 Å². The molecule has 0 aliphatic rings. The summed E-state index contributed by atoms with van der Waals surface area (Å²) in [6, 6.07) is 13.9. The molecule has 0 saturated carbocycles. The molecule has 10 heteroatoms. The molecule has 0 amide bonds. The topological polar surface area (TPSA) is 106 Å². The average Bonchev–Trinajstić information content (AvgIpc) is 2.80. The maximum absolute atomic E-state index is 10.8. The van der Waals surface area contributed by atoms with Gasteiger partial charge in [-0.15, -0.1) is 0 Å². The number of anilines is 1. The molecule has 0 radical (unpaired) electrons. The van der Waals surface area contributed by atoms with E-state index in [2.05, 4.69) is 67.7 Å². The van der Waals surface area contributed by atoms with E-state index >= 15 is 0 Å². The van der Waals surface area contributed by atoms with E-state index in [4.69, 9.17) is 24.1 Å². The fourth-order valence-corrected chi connectivity index (χ4v) is 4.73. The van der Waals surface area contributed by atoms with Gasteiger partial charge in [0, 0.05) is 6.07 Å². The molecule has 0 heterocycles. The zero-order valence-corrected chi connectivity index (χ0v) is 26.9. The van der Waals surface area contributed by atoms with Crippen molar-refractivity contribution in [3.8, 4) is 11.5 Å². The summed E-state index contributed by atoms with van der Waals surface area (Å²) < 4.78 is 23.1. The molecule has 2 aromatic rings. The molecule has 214 valence electrons. The molecule has 0 saturated heterocycles. The Hall–Kier alpha value is -2.41. The van der Waals surface area contributed by atoms with E-state index in [1.54, 1.807) is 18.2 Å². The lowest BCUT2D eigenvalue weighted by molar-refractivity contribution is -0.385. The van der Waals surface area contributed by atoms with Gasteiger partial charge < -0.3 is 24.1 Å². The number of para-hydroxylation sites is 4. The highest BCUT2D eigenvalue weighted by molar-refractivity contribution is 6.74. The SMILES string of the molecule is CC(C)(C)[Si](C)(C)OCCOc1ccccc1N.CC(C)(C)[Si](C)(C)OCCOc1ccccc1[N+](=O)[O-]. The largest absolute Gasteiger partial charge is 0.489 e. The van der Waals surface area contributed by atoms with Crippen LogP contribution >= 0.6 is 0 Å². The first-order valence-corrected chi connectivity index (χ1v) is 18.8. The number of rotatable bonds is 11. The number of ether oxygens (including phenoxy) is 2. The van der Waals surface area contributed by atoms with Gasteiger partial charge in [0.25, 0.3) is 0 Å². The van der Waals surface area contributed by atoms with Crippen molar-refractivity contribution >= 4 is 28.0 Å². The minimum absolute atomic E-state index is 0.0140. The van der Waals surface area contributed by atoms with Gasteiger partial charge in [-0.25, -0.2) is 0 Å². The van der Waals surface area contributed by atoms with E-state index in [-0.39, 0.29) is 21.5 Å². The second kappa shape index (κ2) is 14.1. The highest BCUT2D eigenvalue weighted by atomic mass is 28.4. The Balaban J connectivity index is 0.000000382. The van der Waals surface area contributed by atoms with Gasteiger partial charge in [-0.3, -0.25) is 10.1 Å². The molecule has 38 heavy (non-hydrogen) atoms. The van der Waals surface area contributed by atoms with Crippen molar-refractivity contribution in [3.63, 3.8) is 0 Å². The van der Waals surface area contributed by atoms with Crippen LogP contribution in [0.3, 0.4) is 0 Å². The fraction of sp³-hybridized carbons (Fsp3) is 0.571. The zero-order valence-electron chi connectivity index (χ0n) is 24.9. The Morgan fingerprint density at radius 3 is 1.53 bits per heavy atom. The van der Waals surface area contributed by atoms with Gasteiger partial charge in [-0.05, 0) is 54.5 Å². The van der Waals surface area contributed by atoms with Crippen LogP contribution in [0.2, 0.25) is 36.3 Å². The summed E-state index contributed by atoms with van der Waals surface area (Å²) in [5.74, 6) is 1.02. The Morgan fingerprint density at radius 2 is 1.11 bits per heavy atom. The van der Waals surface area contributed by atoms with Crippen molar-refractivity contribution in [2.45, 2.75) is 77.8 Å². The Morgan fingerprint density at radius 1 is 0.711 bits per heavy atom. The van der Waals surface area contributed by atoms with E-state index in [0.717, 1.165) is 5.75 Å². The van der Waals surface area contributed by atoms with Crippen molar-refractivity contribution in [1.29, 1.82) is 0 Å². The van der Waals surface area contributed by atoms with E-state index in [9.17, 15) is 10.1 Å². The third-order valence-corrected chi connectivity index (χ3v) is 16.3. The van der Waals surface area contributed by atoms with E-state index < -0.39 is 21.6 Å². The number of nitrogens with zero attached hydrogens (tertiary/aromatic N) is 1. The lowest BCUT2D eigenvalue weighted by Crippen LogP contribution is -2.41. The fourth-order valence-electron chi connectivity index (χ4n) is 2.67. The number of nitrogens with two attached hydrogens (primary N) is 1. The molecule has 0 fully saturated rings. The molecule has 0 unspecified atom stereocenters. The monoisotopic (exact) mass is 564 g/mol. The second-order valence-electron chi connectivity index (χ2n) is 12.2. The molecule has 8 nitrogen and oxygen atoms in total. The number of nitrogen functional groups attached to an aromatic ring is 1. The molecule has 0 atom stereocenters. The average molecular weight is 565 g/mol. The van der Waals surface area contributed by atoms with Gasteiger partial charge in [0.2, 0.25) is 0 Å². The van der Waals surface area contributed by atoms with E-state index in [1.165, 1.54) is 6.07 Å². The maximum Gasteiger partial charge on any atom is 0.310 e. The van der Waals surface area contributed by atoms with Crippen LogP contribution in [-0.4, -0.2) is 48.0 Å². The van der Waals surface area contributed by atoms with Gasteiger partial charge in [-0.1, -0.05) is 65.8 Å². The Bertz CT molecular complexity index is 1020. The van der Waals surface area contributed by atoms with Crippen LogP contribution < -0.4 is 15.2 Å². The third-order valence-electron chi connectivity index (χ3n) is 7.20. The van der Waals surface area contributed by atoms with Crippen molar-refractivity contribution in [2.75, 3.05) is 32.2 Å². The van der Waals surface area contributed by atoms with Crippen LogP contribution in [0.5, 0.6) is 11.5 Å². The number of nitro benzene ring substituents is 1. The summed E-state index contributed by atoms with van der Waals surface area (Å²) in [7, 11) is -3.46. The molecular formula is C28H48N2O6Si2. The molecule has 0 spiro atoms. The van der Waals surface area contributed by atoms with Crippen molar-refractivity contribution in [3.05, 3.63) is 58.6 Å². The quantitative estimate of drug-likeness (QED) is 0.0981. The van der Waals surface area contributed by atoms with Gasteiger partial charge in [0.15, 0.2) is 22.4 Å². The van der Waals surface area contributed by atoms with Gasteiger partial charge >= 0.3 is 5.69 Å². The minimum atomic E-state index is -1.79. The Labute approximate surface area is 231 Å². The van der Waals surface area contributed by atoms with Gasteiger partial charge in [0.05, 0.1) is 23.8 Å². The summed E-state index contributed by atoms with van der Waals surface area (Å²) in [6.45, 7) is 23.9. The van der Waals surface area contributed by atoms with Crippen LogP contribution in [0.15, 0.2) is 48.5 Å². The normalized spacial score (nSPS) is 12.4. The smallest absolute Gasteiger partial charge is 0.310 e. The Kier molecular flexibility index (Phi) is 12.5. The molecule has 0 aliphatic heterocycles. The summed E-state index contributed by atoms with van der Waals surface area (Å²) in [6.07, 6.45) is 0. The molecule has 2 aromatic carbocycles. The van der Waals surface area contributed by atoms with Gasteiger partial charge in [0.1, 0.15) is 19.0 Å². The van der Waals surface area contributed by atoms with Crippen LogP contribution in [0.1, 0.15) is 41.5 Å². The zero-order chi connectivity index (χ0) is 29.2. The molecule has 2 N–H and O–H groups in total. The molecule has 0 aliphatic carbocycles. The number of hydrogen-bond acceptors (Lipinski definition) is 7. The maximum atomic E-state index is 10.8. The van der Waals surface area contributed by atoms with E-state index in [0.29, 0.717) is 32.1 Å². The molecule has 0 bridgehead atoms. The lowest BCUT2D eigenvalue weighted by atomic mass is 10.2. The number of nitro groups is 1. The highest BCUT2D eigenvalue weighted by Gasteiger charge is 2.37. The lowest BCUT2D eigenvalue weighted by Gasteiger charge is -2.36. The first-order valence-electron chi connectivity index (χ1n) is 13.0. The van der Waals surface area contributed by atoms with Crippen molar-refractivity contribution < 1.29 is 23.2 Å². The van der Waals surface area contributed by atoms with Gasteiger partial charge in [-0.2, -0.15) is 0 Å². The summed E-state index contributed by atoms with van der Waals surface area (Å²) in [5, 5.41) is 11.2. The van der Waals surface area contributed by atoms with Crippen LogP contribution in [0.4, 0.5) is 11.4 Å². The standard InChI is InChI=1S/C14H23NO4Si.C14H25NO2Si/c1-14(2,3)20(4,5)19-11-10-18-13-9-7-6-8-12(13)15(16)17;1-14(2,3)18(4,5)17-11-10-16-13-9-7-6-8-12(13)15/h6-9H,10-11H2,1-5H3;6-9H,10-11,15H2,1-5H3. The third kappa shape index (κ3) is 10.8. The predicted molar refractivity (Wildman–Crippen MR) is 161 cm³/mol. The number of hydrogen-bond donors (Lipinski definition) is 1. The summed E-state index contributed by atoms with van der Waals surface area (Å²) >= 11 is 0. The second-order valence-corrected chi connectivity index (χ2v) is 21.8. The van der Waals surface area contributed by atoms with Crippen LogP contribution in [0, 0.1) is 10.1 Å². The first kappa shape index (κ1) is 33.6.